The van der Waals surface area contributed by atoms with Crippen molar-refractivity contribution >= 4 is 5.97 Å². The van der Waals surface area contributed by atoms with E-state index in [1.54, 1.807) is 6.42 Å². The van der Waals surface area contributed by atoms with E-state index in [1.165, 1.54) is 45.4 Å². The lowest BCUT2D eigenvalue weighted by atomic mass is 9.76. The summed E-state index contributed by atoms with van der Waals surface area (Å²) >= 11 is 0. The van der Waals surface area contributed by atoms with Gasteiger partial charge in [-0.1, -0.05) is 41.5 Å². The van der Waals surface area contributed by atoms with Gasteiger partial charge in [0.2, 0.25) is 0 Å². The van der Waals surface area contributed by atoms with E-state index in [4.69, 9.17) is 9.84 Å². The number of rotatable bonds is 3. The van der Waals surface area contributed by atoms with Crippen molar-refractivity contribution in [2.75, 3.05) is 13.2 Å². The molecule has 14 atom stereocenters. The van der Waals surface area contributed by atoms with Gasteiger partial charge in [-0.15, -0.1) is 0 Å². The molecule has 0 aromatic carbocycles. The molecule has 6 saturated carbocycles. The fourth-order valence-electron chi connectivity index (χ4n) is 9.68. The summed E-state index contributed by atoms with van der Waals surface area (Å²) in [5.41, 5.74) is 0. The largest absolute Gasteiger partial charge is 0.466 e. The van der Waals surface area contributed by atoms with E-state index in [-0.39, 0.29) is 5.97 Å². The van der Waals surface area contributed by atoms with E-state index in [0.717, 1.165) is 71.0 Å². The summed E-state index contributed by atoms with van der Waals surface area (Å²) < 4.78 is 5.12. The van der Waals surface area contributed by atoms with E-state index >= 15 is 0 Å². The molecule has 0 aromatic rings. The topological polar surface area (TPSA) is 46.5 Å². The Morgan fingerprint density at radius 2 is 1.09 bits per heavy atom. The zero-order valence-electron chi connectivity index (χ0n) is 23.2. The van der Waals surface area contributed by atoms with Crippen molar-refractivity contribution in [3.63, 3.8) is 0 Å². The van der Waals surface area contributed by atoms with Crippen LogP contribution in [0.15, 0.2) is 0 Å². The van der Waals surface area contributed by atoms with Crippen LogP contribution in [0.2, 0.25) is 0 Å². The van der Waals surface area contributed by atoms with E-state index in [2.05, 4.69) is 41.5 Å². The van der Waals surface area contributed by atoms with Gasteiger partial charge in [-0.05, 0) is 128 Å². The second-order valence-corrected chi connectivity index (χ2v) is 13.8. The maximum Gasteiger partial charge on any atom is 0.302 e. The normalized spacial score (nSPS) is 51.6. The molecule has 0 aliphatic heterocycles. The maximum absolute atomic E-state index is 10.7. The number of esters is 1. The van der Waals surface area contributed by atoms with Gasteiger partial charge in [-0.25, -0.2) is 0 Å². The van der Waals surface area contributed by atoms with Gasteiger partial charge in [0.15, 0.2) is 0 Å². The number of carbonyl (C=O) groups excluding carboxylic acids is 1. The van der Waals surface area contributed by atoms with Crippen molar-refractivity contribution in [1.82, 2.24) is 0 Å². The summed E-state index contributed by atoms with van der Waals surface area (Å²) in [5.74, 6) is 12.5. The Morgan fingerprint density at radius 1 is 0.647 bits per heavy atom. The summed E-state index contributed by atoms with van der Waals surface area (Å²) in [6, 6.07) is 0. The molecular formula is C31H54O3. The number of fused-ring (bicyclic) bond motifs is 6. The molecule has 6 bridgehead atoms. The van der Waals surface area contributed by atoms with Crippen LogP contribution in [0, 0.1) is 82.9 Å². The van der Waals surface area contributed by atoms with E-state index in [0.29, 0.717) is 25.0 Å². The average molecular weight is 475 g/mol. The number of aliphatic hydroxyl groups is 1. The zero-order valence-corrected chi connectivity index (χ0v) is 23.2. The molecule has 6 aliphatic rings. The zero-order chi connectivity index (χ0) is 24.7. The summed E-state index contributed by atoms with van der Waals surface area (Å²) in [6.45, 7) is 16.9. The molecule has 6 rings (SSSR count). The highest BCUT2D eigenvalue weighted by Crippen LogP contribution is 2.56. The molecule has 14 unspecified atom stereocenters. The highest BCUT2D eigenvalue weighted by molar-refractivity contribution is 5.65. The number of ether oxygens (including phenoxy) is 1. The molecule has 3 nitrogen and oxygen atoms in total. The van der Waals surface area contributed by atoms with Crippen molar-refractivity contribution in [1.29, 1.82) is 0 Å². The molecule has 0 saturated heterocycles. The first kappa shape index (κ1) is 26.5. The van der Waals surface area contributed by atoms with Crippen molar-refractivity contribution in [3.8, 4) is 0 Å². The molecule has 0 spiro atoms. The highest BCUT2D eigenvalue weighted by Gasteiger charge is 2.49. The Kier molecular flexibility index (Phi) is 8.43. The van der Waals surface area contributed by atoms with Gasteiger partial charge in [-0.2, -0.15) is 0 Å². The Balaban J connectivity index is 0.000000124. The summed E-state index contributed by atoms with van der Waals surface area (Å²) in [4.78, 5) is 10.7. The summed E-state index contributed by atoms with van der Waals surface area (Å²) in [7, 11) is 0. The minimum Gasteiger partial charge on any atom is -0.466 e. The maximum atomic E-state index is 10.7. The molecular weight excluding hydrogens is 420 g/mol. The molecule has 0 radical (unpaired) electrons. The quantitative estimate of drug-likeness (QED) is 0.445. The third kappa shape index (κ3) is 5.12. The third-order valence-electron chi connectivity index (χ3n) is 12.6. The monoisotopic (exact) mass is 474 g/mol. The molecule has 3 heteroatoms. The van der Waals surface area contributed by atoms with Gasteiger partial charge in [-0.3, -0.25) is 4.79 Å². The number of carbonyl (C=O) groups is 1. The van der Waals surface area contributed by atoms with Crippen LogP contribution in [0.5, 0.6) is 0 Å². The second kappa shape index (κ2) is 10.8. The lowest BCUT2D eigenvalue weighted by Crippen LogP contribution is -2.27. The average Bonchev–Trinajstić information content (AvgIpc) is 3.64. The summed E-state index contributed by atoms with van der Waals surface area (Å²) in [6.07, 6.45) is 9.98. The molecule has 196 valence electrons. The van der Waals surface area contributed by atoms with Crippen molar-refractivity contribution in [2.24, 2.45) is 82.9 Å². The first-order valence-electron chi connectivity index (χ1n) is 14.9. The fourth-order valence-corrected chi connectivity index (χ4v) is 9.68. The van der Waals surface area contributed by atoms with Gasteiger partial charge in [0.1, 0.15) is 0 Å². The first-order valence-corrected chi connectivity index (χ1v) is 14.9. The van der Waals surface area contributed by atoms with Crippen LogP contribution in [0.3, 0.4) is 0 Å². The van der Waals surface area contributed by atoms with Gasteiger partial charge < -0.3 is 9.84 Å². The Labute approximate surface area is 210 Å². The number of hydrogen-bond acceptors (Lipinski definition) is 3. The van der Waals surface area contributed by atoms with Gasteiger partial charge in [0.25, 0.3) is 0 Å². The lowest BCUT2D eigenvalue weighted by molar-refractivity contribution is -0.143. The van der Waals surface area contributed by atoms with Crippen molar-refractivity contribution < 1.29 is 14.6 Å². The number of aliphatic hydroxyl groups excluding tert-OH is 1. The summed E-state index contributed by atoms with van der Waals surface area (Å²) in [5, 5.41) is 9.09. The Hall–Kier alpha value is -0.570. The lowest BCUT2D eigenvalue weighted by Gasteiger charge is -2.31. The van der Waals surface area contributed by atoms with E-state index < -0.39 is 0 Å². The molecule has 0 aromatic heterocycles. The van der Waals surface area contributed by atoms with Gasteiger partial charge >= 0.3 is 5.97 Å². The van der Waals surface area contributed by atoms with Crippen LogP contribution >= 0.6 is 0 Å². The van der Waals surface area contributed by atoms with E-state index in [9.17, 15) is 4.79 Å². The van der Waals surface area contributed by atoms with Gasteiger partial charge in [0, 0.05) is 13.5 Å². The second-order valence-electron chi connectivity index (χ2n) is 13.8. The van der Waals surface area contributed by atoms with Gasteiger partial charge in [0.05, 0.1) is 6.61 Å². The Morgan fingerprint density at radius 3 is 1.44 bits per heavy atom. The predicted molar refractivity (Wildman–Crippen MR) is 139 cm³/mol. The minimum absolute atomic E-state index is 0.131. The van der Waals surface area contributed by atoms with Crippen LogP contribution in [0.1, 0.15) is 93.4 Å². The standard InChI is InChI=1S/C12H20O2.C10H18O.C9H16/c1-7-8(2)12-5-10(7)4-11(12)6-14-9(3)13;1-6-7(2)10-4-8(6)3-9(10)5-11;1-6-7(2)9-4-3-8(6)5-9/h7-8,10-12H,4-6H2,1-3H3;6-11H,3-5H2,1-2H3;6-9H,3-5H2,1-2H3. The molecule has 6 fully saturated rings. The number of hydrogen-bond donors (Lipinski definition) is 1. The third-order valence-corrected chi connectivity index (χ3v) is 12.6. The highest BCUT2D eigenvalue weighted by atomic mass is 16.5. The molecule has 0 heterocycles. The minimum atomic E-state index is -0.131. The molecule has 1 N–H and O–H groups in total. The van der Waals surface area contributed by atoms with Crippen LogP contribution in [-0.2, 0) is 9.53 Å². The van der Waals surface area contributed by atoms with Crippen molar-refractivity contribution in [3.05, 3.63) is 0 Å². The SMILES string of the molecule is CC(=O)OCC1CC2CC1C(C)C2C.CC1C2CC(CO)C(C2)C1C.CC1C2CCC(C2)C1C. The van der Waals surface area contributed by atoms with Crippen LogP contribution in [0.4, 0.5) is 0 Å². The predicted octanol–water partition coefficient (Wildman–Crippen LogP) is 7.07. The van der Waals surface area contributed by atoms with E-state index in [1.807, 2.05) is 0 Å². The van der Waals surface area contributed by atoms with Crippen molar-refractivity contribution in [2.45, 2.75) is 93.4 Å². The Bertz CT molecular complexity index is 664. The fraction of sp³-hybridized carbons (Fsp3) is 0.968. The van der Waals surface area contributed by atoms with Crippen LogP contribution in [0.25, 0.3) is 0 Å². The van der Waals surface area contributed by atoms with Crippen LogP contribution in [-0.4, -0.2) is 24.3 Å². The molecule has 6 aliphatic carbocycles. The smallest absolute Gasteiger partial charge is 0.302 e. The molecule has 0 amide bonds. The first-order chi connectivity index (χ1) is 16.1. The molecule has 34 heavy (non-hydrogen) atoms. The van der Waals surface area contributed by atoms with Crippen LogP contribution < -0.4 is 0 Å².